The molecule has 4 rings (SSSR count). The van der Waals surface area contributed by atoms with E-state index in [2.05, 4.69) is 37.1 Å². The summed E-state index contributed by atoms with van der Waals surface area (Å²) in [6, 6.07) is 11.7. The van der Waals surface area contributed by atoms with Gasteiger partial charge in [-0.25, -0.2) is 19.6 Å². The van der Waals surface area contributed by atoms with Crippen molar-refractivity contribution < 1.29 is 4.74 Å². The normalized spacial score (nSPS) is 14.6. The smallest absolute Gasteiger partial charge is 0.225 e. The lowest BCUT2D eigenvalue weighted by Crippen LogP contribution is -2.53. The lowest BCUT2D eigenvalue weighted by molar-refractivity contribution is 0.370. The SMILES string of the molecule is CCNC(=NCc1ccn(-c2ccc(OC)cc2)n1)N1CCN(c2ncccn2)CC1. The van der Waals surface area contributed by atoms with Gasteiger partial charge in [0.2, 0.25) is 5.95 Å². The van der Waals surface area contributed by atoms with Crippen LogP contribution in [0.4, 0.5) is 5.95 Å². The highest BCUT2D eigenvalue weighted by atomic mass is 16.5. The Hall–Kier alpha value is -3.62. The summed E-state index contributed by atoms with van der Waals surface area (Å²) < 4.78 is 7.08. The topological polar surface area (TPSA) is 83.7 Å². The third kappa shape index (κ3) is 5.11. The fourth-order valence-electron chi connectivity index (χ4n) is 3.48. The van der Waals surface area contributed by atoms with E-state index in [4.69, 9.17) is 9.73 Å². The zero-order chi connectivity index (χ0) is 21.5. The number of anilines is 1. The molecule has 31 heavy (non-hydrogen) atoms. The first-order valence-corrected chi connectivity index (χ1v) is 10.5. The molecular formula is C22H28N8O. The maximum atomic E-state index is 5.22. The molecular weight excluding hydrogens is 392 g/mol. The quantitative estimate of drug-likeness (QED) is 0.482. The van der Waals surface area contributed by atoms with E-state index in [0.717, 1.165) is 61.8 Å². The van der Waals surface area contributed by atoms with Crippen LogP contribution in [0.15, 0.2) is 60.0 Å². The highest BCUT2D eigenvalue weighted by Gasteiger charge is 2.21. The molecule has 1 aliphatic heterocycles. The second-order valence-corrected chi connectivity index (χ2v) is 7.14. The lowest BCUT2D eigenvalue weighted by Gasteiger charge is -2.36. The van der Waals surface area contributed by atoms with Crippen LogP contribution in [0.1, 0.15) is 12.6 Å². The van der Waals surface area contributed by atoms with E-state index in [0.29, 0.717) is 6.54 Å². The third-order valence-electron chi connectivity index (χ3n) is 5.12. The number of nitrogens with one attached hydrogen (secondary N) is 1. The van der Waals surface area contributed by atoms with Crippen molar-refractivity contribution in [2.24, 2.45) is 4.99 Å². The zero-order valence-electron chi connectivity index (χ0n) is 18.0. The Labute approximate surface area is 182 Å². The molecule has 3 aromatic rings. The minimum Gasteiger partial charge on any atom is -0.497 e. The van der Waals surface area contributed by atoms with Gasteiger partial charge >= 0.3 is 0 Å². The van der Waals surface area contributed by atoms with Crippen molar-refractivity contribution in [3.63, 3.8) is 0 Å². The zero-order valence-corrected chi connectivity index (χ0v) is 18.0. The molecule has 0 atom stereocenters. The Morgan fingerprint density at radius 2 is 1.81 bits per heavy atom. The molecule has 1 saturated heterocycles. The van der Waals surface area contributed by atoms with Crippen LogP contribution < -0.4 is 15.0 Å². The molecule has 9 heteroatoms. The molecule has 0 unspecified atom stereocenters. The van der Waals surface area contributed by atoms with Crippen molar-refractivity contribution >= 4 is 11.9 Å². The molecule has 1 aromatic carbocycles. The maximum Gasteiger partial charge on any atom is 0.225 e. The molecule has 1 fully saturated rings. The predicted molar refractivity (Wildman–Crippen MR) is 121 cm³/mol. The molecule has 2 aromatic heterocycles. The van der Waals surface area contributed by atoms with Crippen molar-refractivity contribution in [3.8, 4) is 11.4 Å². The number of ether oxygens (including phenoxy) is 1. The number of methoxy groups -OCH3 is 1. The Kier molecular flexibility index (Phi) is 6.61. The Morgan fingerprint density at radius 3 is 2.48 bits per heavy atom. The lowest BCUT2D eigenvalue weighted by atomic mass is 10.3. The van der Waals surface area contributed by atoms with Gasteiger partial charge in [-0.1, -0.05) is 0 Å². The van der Waals surface area contributed by atoms with Crippen LogP contribution in [-0.2, 0) is 6.54 Å². The summed E-state index contributed by atoms with van der Waals surface area (Å²) in [7, 11) is 1.66. The van der Waals surface area contributed by atoms with E-state index in [1.54, 1.807) is 19.5 Å². The van der Waals surface area contributed by atoms with E-state index in [1.807, 2.05) is 47.3 Å². The first-order chi connectivity index (χ1) is 15.3. The molecule has 0 saturated carbocycles. The van der Waals surface area contributed by atoms with Crippen LogP contribution >= 0.6 is 0 Å². The third-order valence-corrected chi connectivity index (χ3v) is 5.12. The van der Waals surface area contributed by atoms with Gasteiger partial charge in [0.1, 0.15) is 5.75 Å². The number of hydrogen-bond acceptors (Lipinski definition) is 6. The molecule has 0 spiro atoms. The second-order valence-electron chi connectivity index (χ2n) is 7.14. The molecule has 1 N–H and O–H groups in total. The molecule has 0 radical (unpaired) electrons. The van der Waals surface area contributed by atoms with Gasteiger partial charge in [0.25, 0.3) is 0 Å². The van der Waals surface area contributed by atoms with Crippen molar-refractivity contribution in [1.82, 2.24) is 30.0 Å². The summed E-state index contributed by atoms with van der Waals surface area (Å²) in [6.45, 7) is 6.88. The predicted octanol–water partition coefficient (Wildman–Crippen LogP) is 1.96. The van der Waals surface area contributed by atoms with Crippen molar-refractivity contribution in [2.45, 2.75) is 13.5 Å². The molecule has 9 nitrogen and oxygen atoms in total. The van der Waals surface area contributed by atoms with E-state index < -0.39 is 0 Å². The highest BCUT2D eigenvalue weighted by Crippen LogP contribution is 2.15. The number of rotatable bonds is 6. The summed E-state index contributed by atoms with van der Waals surface area (Å²) in [5.41, 5.74) is 1.91. The number of aliphatic imine (C=N–C) groups is 1. The average molecular weight is 421 g/mol. The molecule has 162 valence electrons. The Balaban J connectivity index is 1.38. The summed E-state index contributed by atoms with van der Waals surface area (Å²) in [6.07, 6.45) is 5.52. The first-order valence-electron chi connectivity index (χ1n) is 10.5. The monoisotopic (exact) mass is 420 g/mol. The van der Waals surface area contributed by atoms with Gasteiger partial charge in [-0.3, -0.25) is 0 Å². The highest BCUT2D eigenvalue weighted by molar-refractivity contribution is 5.80. The van der Waals surface area contributed by atoms with Crippen LogP contribution in [0.2, 0.25) is 0 Å². The number of piperazine rings is 1. The van der Waals surface area contributed by atoms with E-state index in [9.17, 15) is 0 Å². The molecule has 3 heterocycles. The van der Waals surface area contributed by atoms with Gasteiger partial charge in [-0.15, -0.1) is 0 Å². The summed E-state index contributed by atoms with van der Waals surface area (Å²) >= 11 is 0. The molecule has 0 amide bonds. The minimum atomic E-state index is 0.521. The van der Waals surface area contributed by atoms with Crippen molar-refractivity contribution in [1.29, 1.82) is 0 Å². The maximum absolute atomic E-state index is 5.22. The van der Waals surface area contributed by atoms with Crippen LogP contribution in [-0.4, -0.2) is 70.4 Å². The molecule has 1 aliphatic rings. The van der Waals surface area contributed by atoms with Crippen LogP contribution in [0, 0.1) is 0 Å². The van der Waals surface area contributed by atoms with Gasteiger partial charge in [-0.2, -0.15) is 5.10 Å². The van der Waals surface area contributed by atoms with Gasteiger partial charge in [0.05, 0.1) is 25.0 Å². The van der Waals surface area contributed by atoms with Gasteiger partial charge in [-0.05, 0) is 43.3 Å². The summed E-state index contributed by atoms with van der Waals surface area (Å²) in [4.78, 5) is 18.0. The standard InChI is InChI=1S/C22H28N8O/c1-3-23-21(28-13-15-29(16-14-28)22-24-10-4-11-25-22)26-17-18-9-12-30(27-18)19-5-7-20(31-2)8-6-19/h4-12H,3,13-17H2,1-2H3,(H,23,26). The van der Waals surface area contributed by atoms with Gasteiger partial charge < -0.3 is 19.9 Å². The van der Waals surface area contributed by atoms with Crippen LogP contribution in [0.3, 0.4) is 0 Å². The number of guanidine groups is 1. The Morgan fingerprint density at radius 1 is 1.06 bits per heavy atom. The fourth-order valence-corrected chi connectivity index (χ4v) is 3.48. The van der Waals surface area contributed by atoms with E-state index in [-0.39, 0.29) is 0 Å². The fraction of sp³-hybridized carbons (Fsp3) is 0.364. The van der Waals surface area contributed by atoms with Crippen LogP contribution in [0.5, 0.6) is 5.75 Å². The van der Waals surface area contributed by atoms with Crippen LogP contribution in [0.25, 0.3) is 5.69 Å². The minimum absolute atomic E-state index is 0.521. The molecule has 0 aliphatic carbocycles. The van der Waals surface area contributed by atoms with Crippen molar-refractivity contribution in [2.75, 3.05) is 44.7 Å². The number of aromatic nitrogens is 4. The van der Waals surface area contributed by atoms with Gasteiger partial charge in [0.15, 0.2) is 5.96 Å². The first kappa shape index (κ1) is 20.6. The average Bonchev–Trinajstić information content (AvgIpc) is 3.31. The largest absolute Gasteiger partial charge is 0.497 e. The summed E-state index contributed by atoms with van der Waals surface area (Å²) in [5.74, 6) is 2.53. The second kappa shape index (κ2) is 9.92. The molecule has 0 bridgehead atoms. The van der Waals surface area contributed by atoms with Gasteiger partial charge in [0, 0.05) is 51.3 Å². The number of nitrogens with zero attached hydrogens (tertiary/aromatic N) is 7. The number of benzene rings is 1. The van der Waals surface area contributed by atoms with E-state index in [1.165, 1.54) is 0 Å². The number of hydrogen-bond donors (Lipinski definition) is 1. The van der Waals surface area contributed by atoms with Crippen molar-refractivity contribution in [3.05, 3.63) is 60.7 Å². The summed E-state index contributed by atoms with van der Waals surface area (Å²) in [5, 5.41) is 8.07. The Bertz CT molecular complexity index is 978. The van der Waals surface area contributed by atoms with E-state index >= 15 is 0 Å².